The minimum absolute atomic E-state index is 0.000359. The quantitative estimate of drug-likeness (QED) is 0.348. The van der Waals surface area contributed by atoms with Crippen molar-refractivity contribution < 1.29 is 19.5 Å². The van der Waals surface area contributed by atoms with E-state index in [2.05, 4.69) is 10.1 Å². The van der Waals surface area contributed by atoms with E-state index in [0.29, 0.717) is 47.8 Å². The predicted molar refractivity (Wildman–Crippen MR) is 142 cm³/mol. The zero-order chi connectivity index (χ0) is 26.0. The van der Waals surface area contributed by atoms with Gasteiger partial charge in [-0.15, -0.1) is 0 Å². The molecular weight excluding hydrogens is 513 g/mol. The SMILES string of the molecule is O=C(O)CCN1CC(O)(c2ccc(-c3noc(CCC4(c5cc(Cl)cc(Cl)c5)CCCCC4)n3)cc2)C1. The lowest BCUT2D eigenvalue weighted by molar-refractivity contribution is -0.140. The fraction of sp³-hybridized carbons (Fsp3) is 0.464. The fourth-order valence-electron chi connectivity index (χ4n) is 5.81. The van der Waals surface area contributed by atoms with Crippen LogP contribution in [0.15, 0.2) is 47.0 Å². The lowest BCUT2D eigenvalue weighted by atomic mass is 9.67. The third kappa shape index (κ3) is 5.85. The fourth-order valence-corrected chi connectivity index (χ4v) is 6.34. The molecule has 0 amide bonds. The van der Waals surface area contributed by atoms with Crippen LogP contribution in [0.1, 0.15) is 62.0 Å². The van der Waals surface area contributed by atoms with Gasteiger partial charge in [-0.05, 0) is 54.0 Å². The summed E-state index contributed by atoms with van der Waals surface area (Å²) in [6.07, 6.45) is 7.39. The Morgan fingerprint density at radius 1 is 1.00 bits per heavy atom. The number of halogens is 2. The molecule has 2 fully saturated rings. The minimum atomic E-state index is -0.961. The molecule has 37 heavy (non-hydrogen) atoms. The van der Waals surface area contributed by atoms with Crippen LogP contribution in [-0.4, -0.2) is 50.9 Å². The second kappa shape index (κ2) is 10.7. The molecule has 3 aromatic rings. The first-order chi connectivity index (χ1) is 17.7. The molecule has 1 saturated carbocycles. The first kappa shape index (κ1) is 26.2. The van der Waals surface area contributed by atoms with Crippen molar-refractivity contribution in [1.82, 2.24) is 15.0 Å². The number of aromatic nitrogens is 2. The summed E-state index contributed by atoms with van der Waals surface area (Å²) in [6, 6.07) is 13.4. The summed E-state index contributed by atoms with van der Waals surface area (Å²) in [5.74, 6) is 0.291. The van der Waals surface area contributed by atoms with Gasteiger partial charge < -0.3 is 14.7 Å². The number of hydrogen-bond acceptors (Lipinski definition) is 6. The molecule has 2 N–H and O–H groups in total. The molecule has 0 unspecified atom stereocenters. The van der Waals surface area contributed by atoms with Gasteiger partial charge in [-0.1, -0.05) is 71.9 Å². The molecule has 5 rings (SSSR count). The van der Waals surface area contributed by atoms with Crippen LogP contribution in [0, 0.1) is 0 Å². The van der Waals surface area contributed by atoms with Crippen molar-refractivity contribution in [3.05, 3.63) is 69.5 Å². The van der Waals surface area contributed by atoms with Crippen LogP contribution in [0.5, 0.6) is 0 Å². The van der Waals surface area contributed by atoms with E-state index in [9.17, 15) is 9.90 Å². The maximum atomic E-state index is 10.9. The molecular formula is C28H31Cl2N3O4. The van der Waals surface area contributed by atoms with Crippen molar-refractivity contribution in [2.75, 3.05) is 19.6 Å². The number of hydrogen-bond donors (Lipinski definition) is 2. The van der Waals surface area contributed by atoms with Gasteiger partial charge in [-0.25, -0.2) is 0 Å². The summed E-state index contributed by atoms with van der Waals surface area (Å²) in [5, 5.41) is 25.2. The van der Waals surface area contributed by atoms with E-state index in [1.165, 1.54) is 24.8 Å². The third-order valence-corrected chi connectivity index (χ3v) is 8.30. The molecule has 2 heterocycles. The second-order valence-corrected chi connectivity index (χ2v) is 11.3. The van der Waals surface area contributed by atoms with E-state index in [1.54, 1.807) is 6.07 Å². The summed E-state index contributed by atoms with van der Waals surface area (Å²) in [5.41, 5.74) is 1.84. The van der Waals surface area contributed by atoms with Crippen LogP contribution < -0.4 is 0 Å². The molecule has 0 spiro atoms. The van der Waals surface area contributed by atoms with Crippen molar-refractivity contribution in [3.63, 3.8) is 0 Å². The lowest BCUT2D eigenvalue weighted by Crippen LogP contribution is -2.59. The highest BCUT2D eigenvalue weighted by Crippen LogP contribution is 2.44. The Bertz CT molecular complexity index is 1230. The van der Waals surface area contributed by atoms with Crippen LogP contribution in [0.25, 0.3) is 11.4 Å². The molecule has 0 bridgehead atoms. The highest BCUT2D eigenvalue weighted by Gasteiger charge is 2.42. The third-order valence-electron chi connectivity index (χ3n) is 7.86. The summed E-state index contributed by atoms with van der Waals surface area (Å²) >= 11 is 12.7. The normalized spacial score (nSPS) is 18.9. The predicted octanol–water partition coefficient (Wildman–Crippen LogP) is 5.86. The van der Waals surface area contributed by atoms with E-state index >= 15 is 0 Å². The van der Waals surface area contributed by atoms with Crippen LogP contribution in [0.4, 0.5) is 0 Å². The number of rotatable bonds is 9. The van der Waals surface area contributed by atoms with Gasteiger partial charge >= 0.3 is 5.97 Å². The number of aliphatic hydroxyl groups is 1. The van der Waals surface area contributed by atoms with Gasteiger partial charge in [-0.2, -0.15) is 4.98 Å². The molecule has 2 aliphatic rings. The molecule has 7 nitrogen and oxygen atoms in total. The van der Waals surface area contributed by atoms with Gasteiger partial charge in [0.25, 0.3) is 0 Å². The Morgan fingerprint density at radius 3 is 2.32 bits per heavy atom. The topological polar surface area (TPSA) is 99.7 Å². The smallest absolute Gasteiger partial charge is 0.304 e. The summed E-state index contributed by atoms with van der Waals surface area (Å²) in [6.45, 7) is 1.28. The first-order valence-electron chi connectivity index (χ1n) is 12.8. The molecule has 9 heteroatoms. The number of aryl methyl sites for hydroxylation is 1. The van der Waals surface area contributed by atoms with E-state index in [1.807, 2.05) is 41.3 Å². The summed E-state index contributed by atoms with van der Waals surface area (Å²) in [7, 11) is 0. The molecule has 2 aromatic carbocycles. The summed E-state index contributed by atoms with van der Waals surface area (Å²) < 4.78 is 5.61. The van der Waals surface area contributed by atoms with Crippen molar-refractivity contribution in [2.45, 2.75) is 62.4 Å². The van der Waals surface area contributed by atoms with Crippen molar-refractivity contribution >= 4 is 29.2 Å². The number of aliphatic carboxylic acids is 1. The average molecular weight is 544 g/mol. The zero-order valence-corrected chi connectivity index (χ0v) is 22.1. The number of likely N-dealkylation sites (tertiary alicyclic amines) is 1. The van der Waals surface area contributed by atoms with Gasteiger partial charge in [0.1, 0.15) is 5.60 Å². The maximum absolute atomic E-state index is 10.9. The van der Waals surface area contributed by atoms with Gasteiger partial charge in [0.15, 0.2) is 0 Å². The van der Waals surface area contributed by atoms with Crippen molar-refractivity contribution in [2.24, 2.45) is 0 Å². The van der Waals surface area contributed by atoms with Crippen LogP contribution in [-0.2, 0) is 22.2 Å². The molecule has 1 saturated heterocycles. The Kier molecular flexibility index (Phi) is 7.59. The molecule has 1 aliphatic heterocycles. The maximum Gasteiger partial charge on any atom is 0.304 e. The highest BCUT2D eigenvalue weighted by atomic mass is 35.5. The van der Waals surface area contributed by atoms with E-state index in [0.717, 1.165) is 30.4 Å². The first-order valence-corrected chi connectivity index (χ1v) is 13.6. The number of β-amino-alcohol motifs (C(OH)–C–C–N with tert-alkyl or cyclic N) is 1. The number of carbonyl (C=O) groups is 1. The van der Waals surface area contributed by atoms with Gasteiger partial charge in [-0.3, -0.25) is 9.69 Å². The average Bonchev–Trinajstić information content (AvgIpc) is 3.34. The Hall–Kier alpha value is -2.45. The monoisotopic (exact) mass is 543 g/mol. The van der Waals surface area contributed by atoms with E-state index in [-0.39, 0.29) is 11.8 Å². The summed E-state index contributed by atoms with van der Waals surface area (Å²) in [4.78, 5) is 17.3. The van der Waals surface area contributed by atoms with E-state index in [4.69, 9.17) is 32.8 Å². The molecule has 196 valence electrons. The molecule has 0 atom stereocenters. The van der Waals surface area contributed by atoms with Crippen LogP contribution in [0.2, 0.25) is 10.0 Å². The van der Waals surface area contributed by atoms with Crippen molar-refractivity contribution in [1.29, 1.82) is 0 Å². The van der Waals surface area contributed by atoms with Crippen LogP contribution in [0.3, 0.4) is 0 Å². The second-order valence-electron chi connectivity index (χ2n) is 10.5. The lowest BCUT2D eigenvalue weighted by Gasteiger charge is -2.46. The van der Waals surface area contributed by atoms with E-state index < -0.39 is 11.6 Å². The largest absolute Gasteiger partial charge is 0.481 e. The molecule has 0 radical (unpaired) electrons. The van der Waals surface area contributed by atoms with Crippen molar-refractivity contribution in [3.8, 4) is 11.4 Å². The van der Waals surface area contributed by atoms with Crippen LogP contribution >= 0.6 is 23.2 Å². The van der Waals surface area contributed by atoms with Gasteiger partial charge in [0.05, 0.1) is 6.42 Å². The zero-order valence-electron chi connectivity index (χ0n) is 20.6. The number of nitrogens with zero attached hydrogens (tertiary/aromatic N) is 3. The number of carboxylic acid groups (broad SMARTS) is 1. The standard InChI is InChI=1S/C28H31Cl2N3O4/c29-22-14-21(15-23(30)16-22)27(10-2-1-3-11-27)12-8-24-31-26(32-37-24)19-4-6-20(7-5-19)28(36)17-33(18-28)13-9-25(34)35/h4-7,14-16,36H,1-3,8-13,17-18H2,(H,34,35). The van der Waals surface area contributed by atoms with Gasteiger partial charge in [0, 0.05) is 41.7 Å². The Balaban J connectivity index is 1.24. The Morgan fingerprint density at radius 2 is 1.68 bits per heavy atom. The minimum Gasteiger partial charge on any atom is -0.481 e. The highest BCUT2D eigenvalue weighted by molar-refractivity contribution is 6.34. The number of benzene rings is 2. The molecule has 1 aromatic heterocycles. The Labute approximate surface area is 226 Å². The molecule has 1 aliphatic carbocycles. The number of carboxylic acids is 1. The van der Waals surface area contributed by atoms with Gasteiger partial charge in [0.2, 0.25) is 11.7 Å².